The Kier molecular flexibility index (Phi) is 5.17. The van der Waals surface area contributed by atoms with Gasteiger partial charge in [-0.3, -0.25) is 4.57 Å². The molecule has 0 aliphatic carbocycles. The van der Waals surface area contributed by atoms with E-state index in [1.54, 1.807) is 48.7 Å². The predicted octanol–water partition coefficient (Wildman–Crippen LogP) is 4.83. The Morgan fingerprint density at radius 1 is 1.19 bits per heavy atom. The Hall–Kier alpha value is -2.71. The van der Waals surface area contributed by atoms with E-state index in [2.05, 4.69) is 15.2 Å². The third-order valence-corrected chi connectivity index (χ3v) is 5.76. The van der Waals surface area contributed by atoms with Crippen molar-refractivity contribution < 1.29 is 9.13 Å². The maximum atomic E-state index is 13.1. The summed E-state index contributed by atoms with van der Waals surface area (Å²) in [5, 5.41) is 11.9. The van der Waals surface area contributed by atoms with Crippen molar-refractivity contribution in [1.29, 1.82) is 0 Å². The summed E-state index contributed by atoms with van der Waals surface area (Å²) in [6.45, 7) is 0. The second-order valence-electron chi connectivity index (χ2n) is 5.62. The summed E-state index contributed by atoms with van der Waals surface area (Å²) in [5.74, 6) is 1.20. The molecule has 0 aliphatic rings. The number of nitrogens with zero attached hydrogens (tertiary/aromatic N) is 4. The number of ether oxygens (including phenoxy) is 1. The van der Waals surface area contributed by atoms with Crippen molar-refractivity contribution in [3.63, 3.8) is 0 Å². The van der Waals surface area contributed by atoms with Crippen LogP contribution in [0.3, 0.4) is 0 Å². The van der Waals surface area contributed by atoms with Gasteiger partial charge in [-0.05, 0) is 36.4 Å². The molecule has 0 saturated carbocycles. The highest BCUT2D eigenvalue weighted by molar-refractivity contribution is 7.98. The SMILES string of the molecule is COc1cccc(-n2cnnc2SCc2csc(-c3ccc(F)cc3)n2)c1. The summed E-state index contributed by atoms with van der Waals surface area (Å²) < 4.78 is 20.3. The number of benzene rings is 2. The topological polar surface area (TPSA) is 52.8 Å². The third-order valence-electron chi connectivity index (χ3n) is 3.84. The lowest BCUT2D eigenvalue weighted by Crippen LogP contribution is -1.96. The largest absolute Gasteiger partial charge is 0.497 e. The summed E-state index contributed by atoms with van der Waals surface area (Å²) in [6.07, 6.45) is 1.68. The molecule has 0 unspecified atom stereocenters. The first-order valence-electron chi connectivity index (χ1n) is 8.10. The van der Waals surface area contributed by atoms with Gasteiger partial charge in [-0.25, -0.2) is 9.37 Å². The van der Waals surface area contributed by atoms with E-state index in [9.17, 15) is 4.39 Å². The maximum absolute atomic E-state index is 13.1. The Labute approximate surface area is 163 Å². The van der Waals surface area contributed by atoms with E-state index in [0.29, 0.717) is 5.75 Å². The fourth-order valence-corrected chi connectivity index (χ4v) is 4.25. The zero-order valence-electron chi connectivity index (χ0n) is 14.4. The van der Waals surface area contributed by atoms with Gasteiger partial charge in [0.15, 0.2) is 5.16 Å². The van der Waals surface area contributed by atoms with Crippen molar-refractivity contribution in [2.24, 2.45) is 0 Å². The van der Waals surface area contributed by atoms with Gasteiger partial charge in [-0.1, -0.05) is 17.8 Å². The molecule has 0 saturated heterocycles. The van der Waals surface area contributed by atoms with Crippen LogP contribution in [-0.4, -0.2) is 26.9 Å². The molecular formula is C19H15FN4OS2. The molecule has 0 spiro atoms. The van der Waals surface area contributed by atoms with Crippen LogP contribution in [0.1, 0.15) is 5.69 Å². The lowest BCUT2D eigenvalue weighted by atomic mass is 10.2. The summed E-state index contributed by atoms with van der Waals surface area (Å²) in [6, 6.07) is 14.1. The van der Waals surface area contributed by atoms with Crippen LogP contribution in [0.2, 0.25) is 0 Å². The summed E-state index contributed by atoms with van der Waals surface area (Å²) in [5.41, 5.74) is 2.80. The van der Waals surface area contributed by atoms with Gasteiger partial charge in [-0.15, -0.1) is 21.5 Å². The summed E-state index contributed by atoms with van der Waals surface area (Å²) in [7, 11) is 1.64. The van der Waals surface area contributed by atoms with Crippen molar-refractivity contribution in [3.05, 3.63) is 71.7 Å². The smallest absolute Gasteiger partial charge is 0.195 e. The van der Waals surface area contributed by atoms with E-state index in [-0.39, 0.29) is 5.82 Å². The molecule has 5 nitrogen and oxygen atoms in total. The molecule has 8 heteroatoms. The van der Waals surface area contributed by atoms with E-state index in [4.69, 9.17) is 4.74 Å². The number of thioether (sulfide) groups is 1. The molecule has 0 N–H and O–H groups in total. The predicted molar refractivity (Wildman–Crippen MR) is 105 cm³/mol. The van der Waals surface area contributed by atoms with Gasteiger partial charge >= 0.3 is 0 Å². The van der Waals surface area contributed by atoms with E-state index in [1.807, 2.05) is 34.2 Å². The van der Waals surface area contributed by atoms with E-state index < -0.39 is 0 Å². The molecule has 136 valence electrons. The van der Waals surface area contributed by atoms with Gasteiger partial charge in [-0.2, -0.15) is 0 Å². The van der Waals surface area contributed by atoms with Gasteiger partial charge in [0.1, 0.15) is 22.9 Å². The number of rotatable bonds is 6. The Balaban J connectivity index is 1.49. The first kappa shape index (κ1) is 17.7. The van der Waals surface area contributed by atoms with Crippen LogP contribution >= 0.6 is 23.1 Å². The van der Waals surface area contributed by atoms with E-state index in [0.717, 1.165) is 32.9 Å². The van der Waals surface area contributed by atoms with Crippen LogP contribution in [0.25, 0.3) is 16.3 Å². The second kappa shape index (κ2) is 7.89. The van der Waals surface area contributed by atoms with Crippen LogP contribution in [0.5, 0.6) is 5.75 Å². The van der Waals surface area contributed by atoms with Crippen LogP contribution in [0.15, 0.2) is 65.4 Å². The monoisotopic (exact) mass is 398 g/mol. The number of hydrogen-bond donors (Lipinski definition) is 0. The van der Waals surface area contributed by atoms with Gasteiger partial charge < -0.3 is 4.74 Å². The third kappa shape index (κ3) is 4.01. The van der Waals surface area contributed by atoms with Crippen molar-refractivity contribution in [2.45, 2.75) is 10.9 Å². The minimum atomic E-state index is -0.247. The fraction of sp³-hybridized carbons (Fsp3) is 0.105. The van der Waals surface area contributed by atoms with Gasteiger partial charge in [0, 0.05) is 22.8 Å². The Morgan fingerprint density at radius 3 is 2.85 bits per heavy atom. The van der Waals surface area contributed by atoms with Crippen LogP contribution in [0.4, 0.5) is 4.39 Å². The minimum Gasteiger partial charge on any atom is -0.497 e. The highest BCUT2D eigenvalue weighted by Crippen LogP contribution is 2.28. The lowest BCUT2D eigenvalue weighted by molar-refractivity contribution is 0.414. The number of halogens is 1. The Morgan fingerprint density at radius 2 is 2.04 bits per heavy atom. The van der Waals surface area contributed by atoms with Crippen molar-refractivity contribution in [1.82, 2.24) is 19.7 Å². The fourth-order valence-electron chi connectivity index (χ4n) is 2.50. The molecule has 0 fully saturated rings. The highest BCUT2D eigenvalue weighted by atomic mass is 32.2. The first-order valence-corrected chi connectivity index (χ1v) is 9.97. The summed E-state index contributed by atoms with van der Waals surface area (Å²) >= 11 is 3.10. The second-order valence-corrected chi connectivity index (χ2v) is 7.43. The molecule has 0 aliphatic heterocycles. The molecule has 0 amide bonds. The lowest BCUT2D eigenvalue weighted by Gasteiger charge is -2.07. The highest BCUT2D eigenvalue weighted by Gasteiger charge is 2.11. The number of hydrogen-bond acceptors (Lipinski definition) is 6. The van der Waals surface area contributed by atoms with E-state index in [1.165, 1.54) is 12.1 Å². The van der Waals surface area contributed by atoms with E-state index >= 15 is 0 Å². The number of methoxy groups -OCH3 is 1. The molecule has 2 aromatic heterocycles. The molecule has 0 radical (unpaired) electrons. The quantitative estimate of drug-likeness (QED) is 0.436. The average Bonchev–Trinajstić information content (AvgIpc) is 3.36. The Bertz CT molecular complexity index is 1050. The van der Waals surface area contributed by atoms with Crippen molar-refractivity contribution in [2.75, 3.05) is 7.11 Å². The van der Waals surface area contributed by atoms with Crippen LogP contribution in [-0.2, 0) is 5.75 Å². The molecule has 4 rings (SSSR count). The van der Waals surface area contributed by atoms with Crippen LogP contribution in [0, 0.1) is 5.82 Å². The molecule has 4 aromatic rings. The summed E-state index contributed by atoms with van der Waals surface area (Å²) in [4.78, 5) is 4.64. The van der Waals surface area contributed by atoms with Crippen LogP contribution < -0.4 is 4.74 Å². The first-order chi connectivity index (χ1) is 13.2. The average molecular weight is 398 g/mol. The molecule has 27 heavy (non-hydrogen) atoms. The zero-order chi connectivity index (χ0) is 18.6. The molecule has 2 heterocycles. The normalized spacial score (nSPS) is 10.9. The number of aromatic nitrogens is 4. The van der Waals surface area contributed by atoms with Crippen molar-refractivity contribution >= 4 is 23.1 Å². The zero-order valence-corrected chi connectivity index (χ0v) is 16.0. The van der Waals surface area contributed by atoms with Crippen molar-refractivity contribution in [3.8, 4) is 22.0 Å². The van der Waals surface area contributed by atoms with Gasteiger partial charge in [0.2, 0.25) is 0 Å². The molecule has 0 bridgehead atoms. The molecule has 2 aromatic carbocycles. The number of thiazole rings is 1. The standard InChI is InChI=1S/C19H15FN4OS2/c1-25-17-4-2-3-16(9-17)24-12-21-23-19(24)27-11-15-10-26-18(22-15)13-5-7-14(20)8-6-13/h2-10,12H,11H2,1H3. The van der Waals surface area contributed by atoms with Gasteiger partial charge in [0.05, 0.1) is 18.5 Å². The van der Waals surface area contributed by atoms with Gasteiger partial charge in [0.25, 0.3) is 0 Å². The minimum absolute atomic E-state index is 0.247. The molecule has 0 atom stereocenters. The molecular weight excluding hydrogens is 383 g/mol. The maximum Gasteiger partial charge on any atom is 0.195 e.